The van der Waals surface area contributed by atoms with Crippen LogP contribution in [-0.4, -0.2) is 4.40 Å². The molecule has 1 nitrogen and oxygen atoms in total. The van der Waals surface area contributed by atoms with Gasteiger partial charge in [-0.1, -0.05) is 94.4 Å². The van der Waals surface area contributed by atoms with E-state index in [0.29, 0.717) is 11.8 Å². The van der Waals surface area contributed by atoms with E-state index < -0.39 is 0 Å². The van der Waals surface area contributed by atoms with Gasteiger partial charge in [0.25, 0.3) is 0 Å². The summed E-state index contributed by atoms with van der Waals surface area (Å²) >= 11 is 0. The van der Waals surface area contributed by atoms with Gasteiger partial charge in [0.2, 0.25) is 0 Å². The molecular weight excluding hydrogens is 398 g/mol. The fraction of sp³-hybridized carbons (Fsp3) is 0.188. The summed E-state index contributed by atoms with van der Waals surface area (Å²) in [5.41, 5.74) is 6.98. The number of benzene rings is 5. The second-order valence-electron chi connectivity index (χ2n) is 10.2. The highest BCUT2D eigenvalue weighted by atomic mass is 14.9. The summed E-state index contributed by atoms with van der Waals surface area (Å²) < 4.78 is 2.56. The molecule has 1 heteroatoms. The van der Waals surface area contributed by atoms with Crippen molar-refractivity contribution in [3.05, 3.63) is 90.0 Å². The summed E-state index contributed by atoms with van der Waals surface area (Å²) in [6.45, 7) is 9.33. The van der Waals surface area contributed by atoms with Gasteiger partial charge in [0, 0.05) is 21.5 Å². The molecule has 2 aromatic heterocycles. The molecular formula is C32H27N. The first-order chi connectivity index (χ1) is 16.1. The van der Waals surface area contributed by atoms with Crippen LogP contribution in [0.2, 0.25) is 0 Å². The van der Waals surface area contributed by atoms with Crippen LogP contribution in [0.1, 0.15) is 50.7 Å². The van der Waals surface area contributed by atoms with Gasteiger partial charge in [0.15, 0.2) is 0 Å². The van der Waals surface area contributed by atoms with Gasteiger partial charge in [0.05, 0.1) is 16.6 Å². The second-order valence-corrected chi connectivity index (χ2v) is 10.2. The van der Waals surface area contributed by atoms with Crippen molar-refractivity contribution in [3.63, 3.8) is 0 Å². The zero-order valence-corrected chi connectivity index (χ0v) is 19.6. The van der Waals surface area contributed by atoms with E-state index in [4.69, 9.17) is 0 Å². The lowest BCUT2D eigenvalue weighted by Crippen LogP contribution is -1.94. The van der Waals surface area contributed by atoms with Gasteiger partial charge in [-0.2, -0.15) is 0 Å². The van der Waals surface area contributed by atoms with Crippen LogP contribution in [0.5, 0.6) is 0 Å². The Labute approximate surface area is 193 Å². The van der Waals surface area contributed by atoms with Crippen LogP contribution >= 0.6 is 0 Å². The highest BCUT2D eigenvalue weighted by Crippen LogP contribution is 2.46. The molecule has 0 fully saturated rings. The Balaban J connectivity index is 1.85. The molecule has 0 radical (unpaired) electrons. The lowest BCUT2D eigenvalue weighted by atomic mass is 9.89. The highest BCUT2D eigenvalue weighted by Gasteiger charge is 2.24. The van der Waals surface area contributed by atoms with Gasteiger partial charge in [-0.3, -0.25) is 0 Å². The lowest BCUT2D eigenvalue weighted by Gasteiger charge is -2.15. The van der Waals surface area contributed by atoms with Gasteiger partial charge < -0.3 is 4.40 Å². The van der Waals surface area contributed by atoms with E-state index in [2.05, 4.69) is 111 Å². The topological polar surface area (TPSA) is 4.41 Å². The average Bonchev–Trinajstić information content (AvgIpc) is 3.32. The van der Waals surface area contributed by atoms with E-state index in [9.17, 15) is 0 Å². The predicted molar refractivity (Wildman–Crippen MR) is 144 cm³/mol. The summed E-state index contributed by atoms with van der Waals surface area (Å²) in [5, 5.41) is 11.0. The van der Waals surface area contributed by atoms with Crippen molar-refractivity contribution in [3.8, 4) is 0 Å². The van der Waals surface area contributed by atoms with Crippen LogP contribution in [0.25, 0.3) is 59.6 Å². The summed E-state index contributed by atoms with van der Waals surface area (Å²) in [6, 6.07) is 29.5. The van der Waals surface area contributed by atoms with Gasteiger partial charge >= 0.3 is 0 Å². The average molecular weight is 426 g/mol. The number of nitrogens with zero attached hydrogens (tertiary/aromatic N) is 1. The number of fused-ring (bicyclic) bond motifs is 8. The van der Waals surface area contributed by atoms with Crippen LogP contribution in [0.15, 0.2) is 78.9 Å². The Morgan fingerprint density at radius 3 is 1.39 bits per heavy atom. The van der Waals surface area contributed by atoms with Crippen molar-refractivity contribution >= 4 is 59.6 Å². The largest absolute Gasteiger partial charge is 0.308 e. The van der Waals surface area contributed by atoms with Gasteiger partial charge in [-0.25, -0.2) is 0 Å². The zero-order chi connectivity index (χ0) is 22.4. The minimum Gasteiger partial charge on any atom is -0.308 e. The molecule has 0 saturated carbocycles. The van der Waals surface area contributed by atoms with Crippen molar-refractivity contribution in [2.75, 3.05) is 0 Å². The maximum atomic E-state index is 2.56. The molecule has 0 amide bonds. The molecule has 7 rings (SSSR count). The van der Waals surface area contributed by atoms with Crippen LogP contribution in [-0.2, 0) is 0 Å². The fourth-order valence-corrected chi connectivity index (χ4v) is 6.40. The SMILES string of the molecule is CC(C)c1c2ccccc2cc2c1c1cccc3c4c(C(C)C)c5ccccc5cc4n2c13. The molecule has 0 N–H and O–H groups in total. The van der Waals surface area contributed by atoms with Crippen LogP contribution in [0.4, 0.5) is 0 Å². The minimum atomic E-state index is 0.447. The monoisotopic (exact) mass is 425 g/mol. The molecule has 160 valence electrons. The Bertz CT molecular complexity index is 1730. The van der Waals surface area contributed by atoms with Gasteiger partial charge in [-0.15, -0.1) is 0 Å². The minimum absolute atomic E-state index is 0.447. The Morgan fingerprint density at radius 1 is 0.515 bits per heavy atom. The molecule has 0 saturated heterocycles. The van der Waals surface area contributed by atoms with E-state index in [0.717, 1.165) is 0 Å². The van der Waals surface area contributed by atoms with Crippen molar-refractivity contribution in [1.82, 2.24) is 4.40 Å². The number of para-hydroxylation sites is 1. The molecule has 0 aliphatic rings. The molecule has 0 spiro atoms. The standard InChI is InChI=1S/C32H27N/c1-18(2)28-22-12-7-5-10-20(22)16-26-30(28)24-14-9-15-25-31-27(33(26)32(24)25)17-21-11-6-8-13-23(21)29(31)19(3)4/h5-19H,1-4H3. The molecule has 0 aliphatic heterocycles. The third-order valence-electron chi connectivity index (χ3n) is 7.57. The number of hydrogen-bond acceptors (Lipinski definition) is 0. The molecule has 0 aliphatic carbocycles. The van der Waals surface area contributed by atoms with Crippen LogP contribution in [0.3, 0.4) is 0 Å². The van der Waals surface area contributed by atoms with E-state index in [1.54, 1.807) is 0 Å². The maximum absolute atomic E-state index is 2.56. The van der Waals surface area contributed by atoms with Gasteiger partial charge in [-0.05, 0) is 56.6 Å². The first kappa shape index (κ1) is 18.9. The Morgan fingerprint density at radius 2 is 0.939 bits per heavy atom. The maximum Gasteiger partial charge on any atom is 0.0620 e. The van der Waals surface area contributed by atoms with Crippen LogP contribution in [0, 0.1) is 0 Å². The van der Waals surface area contributed by atoms with Crippen molar-refractivity contribution < 1.29 is 0 Å². The summed E-state index contributed by atoms with van der Waals surface area (Å²) in [7, 11) is 0. The fourth-order valence-electron chi connectivity index (χ4n) is 6.40. The molecule has 2 heterocycles. The quantitative estimate of drug-likeness (QED) is 0.260. The van der Waals surface area contributed by atoms with Crippen molar-refractivity contribution in [1.29, 1.82) is 0 Å². The third kappa shape index (κ3) is 2.32. The summed E-state index contributed by atoms with van der Waals surface area (Å²) in [6.07, 6.45) is 0. The zero-order valence-electron chi connectivity index (χ0n) is 19.6. The number of aromatic nitrogens is 1. The molecule has 5 aromatic carbocycles. The van der Waals surface area contributed by atoms with E-state index in [1.165, 1.54) is 70.8 Å². The second kappa shape index (κ2) is 6.48. The molecule has 0 bridgehead atoms. The Hall–Kier alpha value is -3.58. The summed E-state index contributed by atoms with van der Waals surface area (Å²) in [5.74, 6) is 0.895. The lowest BCUT2D eigenvalue weighted by molar-refractivity contribution is 0.885. The van der Waals surface area contributed by atoms with Crippen molar-refractivity contribution in [2.24, 2.45) is 0 Å². The number of hydrogen-bond donors (Lipinski definition) is 0. The van der Waals surface area contributed by atoms with E-state index >= 15 is 0 Å². The first-order valence-electron chi connectivity index (χ1n) is 12.1. The van der Waals surface area contributed by atoms with Crippen LogP contribution < -0.4 is 0 Å². The van der Waals surface area contributed by atoms with Gasteiger partial charge in [0.1, 0.15) is 0 Å². The smallest absolute Gasteiger partial charge is 0.0620 e. The molecule has 0 unspecified atom stereocenters. The third-order valence-corrected chi connectivity index (χ3v) is 7.57. The van der Waals surface area contributed by atoms with Crippen molar-refractivity contribution in [2.45, 2.75) is 39.5 Å². The normalized spacial score (nSPS) is 12.8. The molecule has 7 aromatic rings. The van der Waals surface area contributed by atoms with E-state index in [1.807, 2.05) is 0 Å². The van der Waals surface area contributed by atoms with E-state index in [-0.39, 0.29) is 0 Å². The molecule has 0 atom stereocenters. The molecule has 33 heavy (non-hydrogen) atoms. The number of rotatable bonds is 2. The highest BCUT2D eigenvalue weighted by molar-refractivity contribution is 6.27. The first-order valence-corrected chi connectivity index (χ1v) is 12.1. The predicted octanol–water partition coefficient (Wildman–Crippen LogP) is 9.39. The Kier molecular flexibility index (Phi) is 3.72. The summed E-state index contributed by atoms with van der Waals surface area (Å²) in [4.78, 5) is 0.